The summed E-state index contributed by atoms with van der Waals surface area (Å²) in [5.74, 6) is -0.235. The van der Waals surface area contributed by atoms with Crippen LogP contribution in [-0.4, -0.2) is 15.9 Å². The highest BCUT2D eigenvalue weighted by atomic mass is 16.1. The number of hydrogen-bond donors (Lipinski definition) is 1. The van der Waals surface area contributed by atoms with E-state index in [-0.39, 0.29) is 5.91 Å². The van der Waals surface area contributed by atoms with Crippen molar-refractivity contribution in [2.45, 2.75) is 39.5 Å². The van der Waals surface area contributed by atoms with E-state index in [2.05, 4.69) is 34.3 Å². The molecule has 4 heteroatoms. The van der Waals surface area contributed by atoms with Gasteiger partial charge in [0, 0.05) is 11.9 Å². The predicted molar refractivity (Wildman–Crippen MR) is 84.4 cm³/mol. The summed E-state index contributed by atoms with van der Waals surface area (Å²) < 4.78 is 0. The Balaban J connectivity index is 1.93. The summed E-state index contributed by atoms with van der Waals surface area (Å²) in [6, 6.07) is 7.99. The maximum atomic E-state index is 12.0. The number of nitrogens with one attached hydrogen (secondary N) is 1. The van der Waals surface area contributed by atoms with Crippen LogP contribution in [0.4, 0.5) is 5.69 Å². The lowest BCUT2D eigenvalue weighted by atomic mass is 10.1. The summed E-state index contributed by atoms with van der Waals surface area (Å²) in [6.45, 7) is 4.04. The molecule has 21 heavy (non-hydrogen) atoms. The first-order valence-corrected chi connectivity index (χ1v) is 7.38. The van der Waals surface area contributed by atoms with Crippen molar-refractivity contribution in [3.8, 4) is 0 Å². The largest absolute Gasteiger partial charge is 0.321 e. The Morgan fingerprint density at radius 3 is 2.48 bits per heavy atom. The number of benzene rings is 1. The van der Waals surface area contributed by atoms with Crippen LogP contribution in [0.15, 0.2) is 36.7 Å². The van der Waals surface area contributed by atoms with Crippen LogP contribution in [0.3, 0.4) is 0 Å². The second-order valence-corrected chi connectivity index (χ2v) is 5.15. The normalized spacial score (nSPS) is 10.4. The number of carbonyl (C=O) groups is 1. The molecule has 0 unspecified atom stereocenters. The molecule has 0 saturated carbocycles. The molecular weight excluding hydrogens is 262 g/mol. The Labute approximate surface area is 125 Å². The maximum Gasteiger partial charge on any atom is 0.275 e. The van der Waals surface area contributed by atoms with E-state index in [9.17, 15) is 4.79 Å². The smallest absolute Gasteiger partial charge is 0.275 e. The number of nitrogens with zero attached hydrogens (tertiary/aromatic N) is 2. The van der Waals surface area contributed by atoms with Gasteiger partial charge in [0.15, 0.2) is 0 Å². The van der Waals surface area contributed by atoms with Gasteiger partial charge in [-0.15, -0.1) is 0 Å². The number of amides is 1. The molecule has 110 valence electrons. The van der Waals surface area contributed by atoms with E-state index in [4.69, 9.17) is 0 Å². The number of unbranched alkanes of at least 4 members (excludes halogenated alkanes) is 2. The number of aromatic nitrogens is 2. The Kier molecular flexibility index (Phi) is 5.43. The first kappa shape index (κ1) is 15.2. The lowest BCUT2D eigenvalue weighted by Gasteiger charge is -2.06. The van der Waals surface area contributed by atoms with Crippen molar-refractivity contribution in [3.63, 3.8) is 0 Å². The molecule has 0 aliphatic rings. The molecule has 1 amide bonds. The molecule has 1 aromatic carbocycles. The van der Waals surface area contributed by atoms with E-state index >= 15 is 0 Å². The van der Waals surface area contributed by atoms with Crippen LogP contribution in [0.1, 0.15) is 47.9 Å². The van der Waals surface area contributed by atoms with Crippen LogP contribution in [-0.2, 0) is 6.42 Å². The van der Waals surface area contributed by atoms with Gasteiger partial charge in [-0.1, -0.05) is 31.9 Å². The molecule has 2 aromatic rings. The molecule has 0 fully saturated rings. The highest BCUT2D eigenvalue weighted by Gasteiger charge is 2.07. The average molecular weight is 283 g/mol. The summed E-state index contributed by atoms with van der Waals surface area (Å²) >= 11 is 0. The number of anilines is 1. The second-order valence-electron chi connectivity index (χ2n) is 5.15. The summed E-state index contributed by atoms with van der Waals surface area (Å²) in [4.78, 5) is 20.1. The van der Waals surface area contributed by atoms with Gasteiger partial charge in [0.25, 0.3) is 5.91 Å². The molecule has 2 rings (SSSR count). The van der Waals surface area contributed by atoms with Gasteiger partial charge in [-0.05, 0) is 37.5 Å². The number of rotatable bonds is 6. The van der Waals surface area contributed by atoms with Crippen LogP contribution in [0.5, 0.6) is 0 Å². The molecular formula is C17H21N3O. The molecule has 0 atom stereocenters. The van der Waals surface area contributed by atoms with E-state index in [1.165, 1.54) is 31.0 Å². The van der Waals surface area contributed by atoms with Crippen molar-refractivity contribution in [3.05, 3.63) is 53.6 Å². The van der Waals surface area contributed by atoms with Gasteiger partial charge in [-0.2, -0.15) is 0 Å². The third-order valence-corrected chi connectivity index (χ3v) is 3.29. The minimum Gasteiger partial charge on any atom is -0.321 e. The van der Waals surface area contributed by atoms with Crippen molar-refractivity contribution in [2.75, 3.05) is 5.32 Å². The zero-order valence-corrected chi connectivity index (χ0v) is 12.6. The van der Waals surface area contributed by atoms with Crippen molar-refractivity contribution in [1.82, 2.24) is 9.97 Å². The zero-order valence-electron chi connectivity index (χ0n) is 12.6. The van der Waals surface area contributed by atoms with E-state index in [1.807, 2.05) is 19.1 Å². The summed E-state index contributed by atoms with van der Waals surface area (Å²) in [7, 11) is 0. The predicted octanol–water partition coefficient (Wildman–Crippen LogP) is 3.77. The van der Waals surface area contributed by atoms with Crippen LogP contribution in [0, 0.1) is 6.92 Å². The topological polar surface area (TPSA) is 54.9 Å². The molecule has 0 radical (unpaired) electrons. The number of aryl methyl sites for hydroxylation is 2. The zero-order chi connectivity index (χ0) is 15.1. The highest BCUT2D eigenvalue weighted by molar-refractivity contribution is 6.02. The quantitative estimate of drug-likeness (QED) is 0.821. The fourth-order valence-electron chi connectivity index (χ4n) is 2.04. The molecule has 1 aromatic heterocycles. The van der Waals surface area contributed by atoms with Crippen LogP contribution in [0.2, 0.25) is 0 Å². The van der Waals surface area contributed by atoms with E-state index in [1.54, 1.807) is 6.20 Å². The van der Waals surface area contributed by atoms with Gasteiger partial charge in [-0.25, -0.2) is 4.98 Å². The van der Waals surface area contributed by atoms with E-state index < -0.39 is 0 Å². The average Bonchev–Trinajstić information content (AvgIpc) is 2.50. The van der Waals surface area contributed by atoms with Crippen molar-refractivity contribution in [1.29, 1.82) is 0 Å². The molecule has 0 bridgehead atoms. The molecule has 0 aliphatic carbocycles. The molecule has 0 saturated heterocycles. The lowest BCUT2D eigenvalue weighted by Crippen LogP contribution is -2.14. The van der Waals surface area contributed by atoms with Gasteiger partial charge in [0.1, 0.15) is 5.69 Å². The molecule has 1 heterocycles. The van der Waals surface area contributed by atoms with E-state index in [0.717, 1.165) is 17.8 Å². The van der Waals surface area contributed by atoms with Gasteiger partial charge in [0.05, 0.1) is 11.9 Å². The number of carbonyl (C=O) groups excluding carboxylic acids is 1. The summed E-state index contributed by atoms with van der Waals surface area (Å²) in [6.07, 6.45) is 7.86. The maximum absolute atomic E-state index is 12.0. The Morgan fingerprint density at radius 2 is 1.86 bits per heavy atom. The molecule has 0 aliphatic heterocycles. The van der Waals surface area contributed by atoms with Crippen LogP contribution < -0.4 is 5.32 Å². The molecule has 4 nitrogen and oxygen atoms in total. The summed E-state index contributed by atoms with van der Waals surface area (Å²) in [5.41, 5.74) is 3.20. The first-order valence-electron chi connectivity index (χ1n) is 7.38. The molecule has 0 spiro atoms. The molecule has 1 N–H and O–H groups in total. The summed E-state index contributed by atoms with van der Waals surface area (Å²) in [5, 5.41) is 2.83. The Morgan fingerprint density at radius 1 is 1.10 bits per heavy atom. The van der Waals surface area contributed by atoms with Crippen LogP contribution in [0.25, 0.3) is 0 Å². The highest BCUT2D eigenvalue weighted by Crippen LogP contribution is 2.13. The third-order valence-electron chi connectivity index (χ3n) is 3.29. The fraction of sp³-hybridized carbons (Fsp3) is 0.353. The number of hydrogen-bond acceptors (Lipinski definition) is 3. The Bertz CT molecular complexity index is 576. The van der Waals surface area contributed by atoms with Gasteiger partial charge < -0.3 is 5.32 Å². The van der Waals surface area contributed by atoms with Crippen molar-refractivity contribution >= 4 is 11.6 Å². The minimum atomic E-state index is -0.235. The van der Waals surface area contributed by atoms with Crippen molar-refractivity contribution < 1.29 is 4.79 Å². The lowest BCUT2D eigenvalue weighted by molar-refractivity contribution is 0.102. The SMILES string of the molecule is CCCCCc1ccc(NC(=O)c2cnc(C)cn2)cc1. The van der Waals surface area contributed by atoms with Gasteiger partial charge in [-0.3, -0.25) is 9.78 Å². The van der Waals surface area contributed by atoms with Crippen LogP contribution >= 0.6 is 0 Å². The third kappa shape index (κ3) is 4.67. The standard InChI is InChI=1S/C17H21N3O/c1-3-4-5-6-14-7-9-15(10-8-14)20-17(21)16-12-18-13(2)11-19-16/h7-12H,3-6H2,1-2H3,(H,20,21). The van der Waals surface area contributed by atoms with Crippen molar-refractivity contribution in [2.24, 2.45) is 0 Å². The fourth-order valence-corrected chi connectivity index (χ4v) is 2.04. The second kappa shape index (κ2) is 7.53. The minimum absolute atomic E-state index is 0.235. The van der Waals surface area contributed by atoms with Gasteiger partial charge >= 0.3 is 0 Å². The first-order chi connectivity index (χ1) is 10.2. The van der Waals surface area contributed by atoms with E-state index in [0.29, 0.717) is 5.69 Å². The van der Waals surface area contributed by atoms with Gasteiger partial charge in [0.2, 0.25) is 0 Å². The monoisotopic (exact) mass is 283 g/mol. The Hall–Kier alpha value is -2.23.